The van der Waals surface area contributed by atoms with Gasteiger partial charge >= 0.3 is 0 Å². The van der Waals surface area contributed by atoms with E-state index in [4.69, 9.17) is 0 Å². The molecule has 5 aromatic heterocycles. The number of H-pyrrole nitrogens is 3. The molecule has 5 heterocycles. The SMILES string of the molecule is CN(C)CCNc1cc(F)cc(-c2nccc3[nH]c(-c4n[nH]c5cnc(-c6cn[nH]c6)cc45)cc23)c1. The Morgan fingerprint density at radius 1 is 0.944 bits per heavy atom. The lowest BCUT2D eigenvalue weighted by atomic mass is 10.1. The predicted octanol–water partition coefficient (Wildman–Crippen LogP) is 4.67. The third-order valence-corrected chi connectivity index (χ3v) is 6.10. The third-order valence-electron chi connectivity index (χ3n) is 6.10. The molecule has 9 nitrogen and oxygen atoms in total. The molecule has 180 valence electrons. The second kappa shape index (κ2) is 8.90. The summed E-state index contributed by atoms with van der Waals surface area (Å²) in [6, 6.07) is 10.9. The van der Waals surface area contributed by atoms with E-state index in [2.05, 4.69) is 45.6 Å². The van der Waals surface area contributed by atoms with Gasteiger partial charge in [-0.15, -0.1) is 0 Å². The number of halogens is 1. The molecule has 0 aliphatic heterocycles. The van der Waals surface area contributed by atoms with Crippen molar-refractivity contribution in [2.75, 3.05) is 32.5 Å². The molecule has 0 saturated carbocycles. The van der Waals surface area contributed by atoms with Gasteiger partial charge in [0.25, 0.3) is 0 Å². The summed E-state index contributed by atoms with van der Waals surface area (Å²) in [5.74, 6) is -0.313. The number of aromatic amines is 3. The predicted molar refractivity (Wildman–Crippen MR) is 139 cm³/mol. The van der Waals surface area contributed by atoms with Crippen LogP contribution in [-0.4, -0.2) is 67.4 Å². The number of hydrogen-bond acceptors (Lipinski definition) is 6. The van der Waals surface area contributed by atoms with Crippen molar-refractivity contribution in [1.82, 2.24) is 40.2 Å². The van der Waals surface area contributed by atoms with Crippen LogP contribution < -0.4 is 5.32 Å². The van der Waals surface area contributed by atoms with E-state index in [-0.39, 0.29) is 5.82 Å². The summed E-state index contributed by atoms with van der Waals surface area (Å²) in [5, 5.41) is 19.6. The van der Waals surface area contributed by atoms with Crippen molar-refractivity contribution >= 4 is 27.5 Å². The first-order chi connectivity index (χ1) is 17.5. The zero-order valence-corrected chi connectivity index (χ0v) is 19.8. The van der Waals surface area contributed by atoms with Gasteiger partial charge in [0.2, 0.25) is 0 Å². The first kappa shape index (κ1) is 21.9. The van der Waals surface area contributed by atoms with Crippen LogP contribution in [0.3, 0.4) is 0 Å². The summed E-state index contributed by atoms with van der Waals surface area (Å²) >= 11 is 0. The maximum atomic E-state index is 14.5. The van der Waals surface area contributed by atoms with E-state index >= 15 is 0 Å². The second-order valence-corrected chi connectivity index (χ2v) is 8.94. The van der Waals surface area contributed by atoms with Gasteiger partial charge in [-0.2, -0.15) is 10.2 Å². The monoisotopic (exact) mass is 481 g/mol. The van der Waals surface area contributed by atoms with Crippen molar-refractivity contribution in [1.29, 1.82) is 0 Å². The van der Waals surface area contributed by atoms with Crippen LogP contribution in [0.25, 0.3) is 55.7 Å². The van der Waals surface area contributed by atoms with Crippen LogP contribution >= 0.6 is 0 Å². The van der Waals surface area contributed by atoms with Gasteiger partial charge in [0.1, 0.15) is 11.5 Å². The molecule has 6 rings (SSSR count). The lowest BCUT2D eigenvalue weighted by molar-refractivity contribution is 0.425. The third kappa shape index (κ3) is 4.07. The van der Waals surface area contributed by atoms with Gasteiger partial charge in [-0.05, 0) is 50.5 Å². The quantitative estimate of drug-likeness (QED) is 0.263. The van der Waals surface area contributed by atoms with Crippen molar-refractivity contribution in [3.63, 3.8) is 0 Å². The number of fused-ring (bicyclic) bond motifs is 2. The highest BCUT2D eigenvalue weighted by molar-refractivity contribution is 6.00. The Labute approximate surface area is 205 Å². The molecule has 0 bridgehead atoms. The van der Waals surface area contributed by atoms with E-state index in [9.17, 15) is 4.39 Å². The lowest BCUT2D eigenvalue weighted by Crippen LogP contribution is -2.20. The molecule has 0 unspecified atom stereocenters. The Balaban J connectivity index is 1.41. The topological polar surface area (TPSA) is 114 Å². The fourth-order valence-corrected chi connectivity index (χ4v) is 4.33. The lowest BCUT2D eigenvalue weighted by Gasteiger charge is -2.12. The normalized spacial score (nSPS) is 11.7. The summed E-state index contributed by atoms with van der Waals surface area (Å²) < 4.78 is 14.5. The van der Waals surface area contributed by atoms with Crippen molar-refractivity contribution in [3.8, 4) is 33.9 Å². The molecule has 36 heavy (non-hydrogen) atoms. The summed E-state index contributed by atoms with van der Waals surface area (Å²) in [6.45, 7) is 1.56. The number of rotatable bonds is 7. The highest BCUT2D eigenvalue weighted by Crippen LogP contribution is 2.34. The fourth-order valence-electron chi connectivity index (χ4n) is 4.33. The molecule has 0 amide bonds. The summed E-state index contributed by atoms with van der Waals surface area (Å²) in [5.41, 5.74) is 7.14. The van der Waals surface area contributed by atoms with E-state index < -0.39 is 0 Å². The molecule has 1 aromatic carbocycles. The highest BCUT2D eigenvalue weighted by Gasteiger charge is 2.16. The molecule has 0 radical (unpaired) electrons. The van der Waals surface area contributed by atoms with Gasteiger partial charge in [0, 0.05) is 58.6 Å². The standard InChI is InChI=1S/C26H24FN9/c1-36(2)6-5-28-18-8-15(7-17(27)9-18)25-19-11-23(33-21(19)3-4-29-25)26-20-10-22(16-12-31-32-13-16)30-14-24(20)34-35-26/h3-4,7-14,28,33H,5-6H2,1-2H3,(H,31,32)(H,34,35). The largest absolute Gasteiger partial charge is 0.384 e. The molecule has 10 heteroatoms. The number of nitrogens with zero attached hydrogens (tertiary/aromatic N) is 5. The van der Waals surface area contributed by atoms with Gasteiger partial charge in [-0.25, -0.2) is 4.39 Å². The molecule has 4 N–H and O–H groups in total. The Morgan fingerprint density at radius 2 is 1.83 bits per heavy atom. The zero-order chi connectivity index (χ0) is 24.6. The number of pyridine rings is 2. The number of likely N-dealkylation sites (N-methyl/N-ethyl adjacent to an activating group) is 1. The number of aromatic nitrogens is 7. The molecular formula is C26H24FN9. The summed E-state index contributed by atoms with van der Waals surface area (Å²) in [4.78, 5) is 14.6. The molecule has 0 aliphatic carbocycles. The minimum atomic E-state index is -0.313. The molecule has 0 saturated heterocycles. The number of benzene rings is 1. The molecule has 0 fully saturated rings. The van der Waals surface area contributed by atoms with Gasteiger partial charge in [0.15, 0.2) is 0 Å². The van der Waals surface area contributed by atoms with E-state index in [1.54, 1.807) is 24.8 Å². The number of nitrogens with one attached hydrogen (secondary N) is 4. The van der Waals surface area contributed by atoms with Crippen LogP contribution in [0.1, 0.15) is 0 Å². The molecule has 0 aliphatic rings. The minimum Gasteiger partial charge on any atom is -0.384 e. The van der Waals surface area contributed by atoms with Crippen molar-refractivity contribution in [2.24, 2.45) is 0 Å². The van der Waals surface area contributed by atoms with Crippen molar-refractivity contribution in [3.05, 3.63) is 67.0 Å². The van der Waals surface area contributed by atoms with Crippen molar-refractivity contribution in [2.45, 2.75) is 0 Å². The van der Waals surface area contributed by atoms with Crippen LogP contribution in [-0.2, 0) is 0 Å². The van der Waals surface area contributed by atoms with E-state index in [0.29, 0.717) is 17.8 Å². The van der Waals surface area contributed by atoms with Crippen LogP contribution in [0.15, 0.2) is 61.2 Å². The molecular weight excluding hydrogens is 457 g/mol. The van der Waals surface area contributed by atoms with Crippen LogP contribution in [0.4, 0.5) is 10.1 Å². The van der Waals surface area contributed by atoms with Crippen molar-refractivity contribution < 1.29 is 4.39 Å². The fraction of sp³-hybridized carbons (Fsp3) is 0.154. The van der Waals surface area contributed by atoms with E-state index in [1.165, 1.54) is 12.1 Å². The second-order valence-electron chi connectivity index (χ2n) is 8.94. The van der Waals surface area contributed by atoms with Gasteiger partial charge < -0.3 is 15.2 Å². The highest BCUT2D eigenvalue weighted by atomic mass is 19.1. The summed E-state index contributed by atoms with van der Waals surface area (Å²) in [7, 11) is 4.01. The minimum absolute atomic E-state index is 0.313. The zero-order valence-electron chi connectivity index (χ0n) is 19.8. The smallest absolute Gasteiger partial charge is 0.125 e. The maximum Gasteiger partial charge on any atom is 0.125 e. The Kier molecular flexibility index (Phi) is 5.42. The van der Waals surface area contributed by atoms with Crippen LogP contribution in [0.5, 0.6) is 0 Å². The Morgan fingerprint density at radius 3 is 2.67 bits per heavy atom. The van der Waals surface area contributed by atoms with Gasteiger partial charge in [0.05, 0.1) is 35.0 Å². The van der Waals surface area contributed by atoms with Gasteiger partial charge in [-0.1, -0.05) is 0 Å². The van der Waals surface area contributed by atoms with Gasteiger partial charge in [-0.3, -0.25) is 20.2 Å². The van der Waals surface area contributed by atoms with E-state index in [1.807, 2.05) is 38.4 Å². The maximum absolute atomic E-state index is 14.5. The van der Waals surface area contributed by atoms with Crippen LogP contribution in [0, 0.1) is 5.82 Å². The number of hydrogen-bond donors (Lipinski definition) is 4. The molecule has 0 atom stereocenters. The van der Waals surface area contributed by atoms with E-state index in [0.717, 1.165) is 56.7 Å². The average molecular weight is 482 g/mol. The first-order valence-electron chi connectivity index (χ1n) is 11.6. The Hall–Kier alpha value is -4.57. The Bertz CT molecular complexity index is 1660. The molecule has 0 spiro atoms. The summed E-state index contributed by atoms with van der Waals surface area (Å²) in [6.07, 6.45) is 7.03. The molecule has 6 aromatic rings. The first-order valence-corrected chi connectivity index (χ1v) is 11.6. The average Bonchev–Trinajstić information content (AvgIpc) is 3.62. The van der Waals surface area contributed by atoms with Crippen LogP contribution in [0.2, 0.25) is 0 Å². The number of anilines is 1.